The van der Waals surface area contributed by atoms with Gasteiger partial charge in [0.15, 0.2) is 0 Å². The van der Waals surface area contributed by atoms with Crippen molar-refractivity contribution in [1.29, 1.82) is 0 Å². The highest BCUT2D eigenvalue weighted by Gasteiger charge is 2.17. The molecule has 3 nitrogen and oxygen atoms in total. The molecule has 1 aromatic rings. The van der Waals surface area contributed by atoms with Crippen LogP contribution in [-0.2, 0) is 11.2 Å². The first-order valence-corrected chi connectivity index (χ1v) is 5.24. The van der Waals surface area contributed by atoms with E-state index >= 15 is 0 Å². The Morgan fingerprint density at radius 2 is 2.46 bits per heavy atom. The van der Waals surface area contributed by atoms with Crippen LogP contribution in [0.2, 0.25) is 0 Å². The standard InChI is InChI=1S/C9H15NO2S/c1-3-9(12-2)8(11)4-7-5-10-6-13-7/h5-6,8-9,11H,3-4H2,1-2H3. The van der Waals surface area contributed by atoms with Crippen LogP contribution in [0.4, 0.5) is 0 Å². The quantitative estimate of drug-likeness (QED) is 0.784. The molecule has 1 N–H and O–H groups in total. The SMILES string of the molecule is CCC(OC)C(O)Cc1cncs1. The number of aliphatic hydroxyl groups is 1. The van der Waals surface area contributed by atoms with Crippen molar-refractivity contribution >= 4 is 11.3 Å². The lowest BCUT2D eigenvalue weighted by Crippen LogP contribution is -2.28. The number of thiazole rings is 1. The first-order chi connectivity index (χ1) is 6.27. The van der Waals surface area contributed by atoms with Gasteiger partial charge in [0, 0.05) is 24.6 Å². The van der Waals surface area contributed by atoms with Crippen molar-refractivity contribution < 1.29 is 9.84 Å². The van der Waals surface area contributed by atoms with Gasteiger partial charge in [0.05, 0.1) is 17.7 Å². The van der Waals surface area contributed by atoms with E-state index in [2.05, 4.69) is 4.98 Å². The Balaban J connectivity index is 2.44. The molecule has 1 rings (SSSR count). The molecule has 0 aromatic carbocycles. The van der Waals surface area contributed by atoms with Gasteiger partial charge in [0.25, 0.3) is 0 Å². The molecule has 2 unspecified atom stereocenters. The Kier molecular flexibility index (Phi) is 4.35. The zero-order valence-corrected chi connectivity index (χ0v) is 8.75. The summed E-state index contributed by atoms with van der Waals surface area (Å²) in [5, 5.41) is 9.73. The molecule has 0 aliphatic heterocycles. The van der Waals surface area contributed by atoms with Crippen LogP contribution in [0.15, 0.2) is 11.7 Å². The fourth-order valence-electron chi connectivity index (χ4n) is 1.28. The van der Waals surface area contributed by atoms with E-state index in [9.17, 15) is 5.11 Å². The van der Waals surface area contributed by atoms with Crippen LogP contribution >= 0.6 is 11.3 Å². The predicted molar refractivity (Wildman–Crippen MR) is 52.9 cm³/mol. The zero-order valence-electron chi connectivity index (χ0n) is 7.93. The minimum absolute atomic E-state index is 0.0675. The van der Waals surface area contributed by atoms with Gasteiger partial charge < -0.3 is 9.84 Å². The summed E-state index contributed by atoms with van der Waals surface area (Å²) in [4.78, 5) is 5.05. The molecule has 1 aromatic heterocycles. The maximum absolute atomic E-state index is 9.73. The fraction of sp³-hybridized carbons (Fsp3) is 0.667. The van der Waals surface area contributed by atoms with E-state index in [0.717, 1.165) is 11.3 Å². The molecule has 0 saturated carbocycles. The molecule has 0 amide bonds. The maximum atomic E-state index is 9.73. The topological polar surface area (TPSA) is 42.4 Å². The fourth-order valence-corrected chi connectivity index (χ4v) is 1.92. The Bertz CT molecular complexity index is 222. The van der Waals surface area contributed by atoms with Crippen LogP contribution in [0, 0.1) is 0 Å². The molecule has 0 bridgehead atoms. The van der Waals surface area contributed by atoms with Gasteiger partial charge in [-0.25, -0.2) is 0 Å². The summed E-state index contributed by atoms with van der Waals surface area (Å²) in [7, 11) is 1.63. The molecule has 0 aliphatic carbocycles. The van der Waals surface area contributed by atoms with Gasteiger partial charge in [-0.15, -0.1) is 11.3 Å². The predicted octanol–water partition coefficient (Wildman–Crippen LogP) is 1.47. The monoisotopic (exact) mass is 201 g/mol. The van der Waals surface area contributed by atoms with E-state index in [-0.39, 0.29) is 6.10 Å². The third-order valence-corrected chi connectivity index (χ3v) is 2.83. The molecule has 4 heteroatoms. The number of nitrogens with zero attached hydrogens (tertiary/aromatic N) is 1. The molecule has 0 radical (unpaired) electrons. The smallest absolute Gasteiger partial charge is 0.0850 e. The average Bonchev–Trinajstić information content (AvgIpc) is 2.59. The van der Waals surface area contributed by atoms with Crippen LogP contribution in [-0.4, -0.2) is 29.4 Å². The summed E-state index contributed by atoms with van der Waals surface area (Å²) < 4.78 is 5.14. The molecule has 0 fully saturated rings. The highest BCUT2D eigenvalue weighted by molar-refractivity contribution is 7.09. The van der Waals surface area contributed by atoms with Crippen molar-refractivity contribution in [3.8, 4) is 0 Å². The second-order valence-electron chi connectivity index (χ2n) is 2.92. The summed E-state index contributed by atoms with van der Waals surface area (Å²) >= 11 is 1.56. The zero-order chi connectivity index (χ0) is 9.68. The van der Waals surface area contributed by atoms with Gasteiger partial charge in [-0.05, 0) is 6.42 Å². The van der Waals surface area contributed by atoms with Crippen LogP contribution < -0.4 is 0 Å². The minimum atomic E-state index is -0.421. The van der Waals surface area contributed by atoms with Crippen molar-refractivity contribution in [2.45, 2.75) is 32.0 Å². The van der Waals surface area contributed by atoms with Gasteiger partial charge in [0.2, 0.25) is 0 Å². The van der Waals surface area contributed by atoms with Gasteiger partial charge in [-0.3, -0.25) is 4.98 Å². The summed E-state index contributed by atoms with van der Waals surface area (Å²) in [5.74, 6) is 0. The maximum Gasteiger partial charge on any atom is 0.0850 e. The Labute approximate surface area is 82.4 Å². The molecule has 0 aliphatic rings. The Morgan fingerprint density at radius 1 is 1.69 bits per heavy atom. The minimum Gasteiger partial charge on any atom is -0.390 e. The van der Waals surface area contributed by atoms with Crippen LogP contribution in [0.1, 0.15) is 18.2 Å². The van der Waals surface area contributed by atoms with Crippen molar-refractivity contribution in [1.82, 2.24) is 4.98 Å². The molecule has 1 heterocycles. The number of hydrogen-bond donors (Lipinski definition) is 1. The van der Waals surface area contributed by atoms with Crippen molar-refractivity contribution in [3.63, 3.8) is 0 Å². The van der Waals surface area contributed by atoms with Crippen LogP contribution in [0.25, 0.3) is 0 Å². The van der Waals surface area contributed by atoms with Gasteiger partial charge in [0.1, 0.15) is 0 Å². The highest BCUT2D eigenvalue weighted by atomic mass is 32.1. The number of ether oxygens (including phenoxy) is 1. The summed E-state index contributed by atoms with van der Waals surface area (Å²) in [6.07, 6.45) is 2.77. The van der Waals surface area contributed by atoms with E-state index in [1.54, 1.807) is 30.2 Å². The molecule has 0 spiro atoms. The number of aromatic nitrogens is 1. The first-order valence-electron chi connectivity index (χ1n) is 4.36. The van der Waals surface area contributed by atoms with E-state index in [1.165, 1.54) is 0 Å². The number of methoxy groups -OCH3 is 1. The normalized spacial score (nSPS) is 15.6. The lowest BCUT2D eigenvalue weighted by atomic mass is 10.1. The molecule has 2 atom stereocenters. The summed E-state index contributed by atoms with van der Waals surface area (Å²) in [6.45, 7) is 2.00. The molecule has 0 saturated heterocycles. The Morgan fingerprint density at radius 3 is 2.92 bits per heavy atom. The number of rotatable bonds is 5. The number of hydrogen-bond acceptors (Lipinski definition) is 4. The first kappa shape index (κ1) is 10.6. The van der Waals surface area contributed by atoms with Crippen molar-refractivity contribution in [2.75, 3.05) is 7.11 Å². The molecular weight excluding hydrogens is 186 g/mol. The second kappa shape index (κ2) is 5.32. The Hall–Kier alpha value is -0.450. The lowest BCUT2D eigenvalue weighted by Gasteiger charge is -2.18. The van der Waals surface area contributed by atoms with Crippen LogP contribution in [0.3, 0.4) is 0 Å². The van der Waals surface area contributed by atoms with E-state index in [1.807, 2.05) is 6.92 Å². The second-order valence-corrected chi connectivity index (χ2v) is 3.89. The highest BCUT2D eigenvalue weighted by Crippen LogP contribution is 2.13. The molecule has 74 valence electrons. The summed E-state index contributed by atoms with van der Waals surface area (Å²) in [5.41, 5.74) is 1.77. The molecule has 13 heavy (non-hydrogen) atoms. The molecular formula is C9H15NO2S. The van der Waals surface area contributed by atoms with E-state index in [0.29, 0.717) is 6.42 Å². The van der Waals surface area contributed by atoms with Gasteiger partial charge in [-0.1, -0.05) is 6.92 Å². The van der Waals surface area contributed by atoms with Crippen LogP contribution in [0.5, 0.6) is 0 Å². The van der Waals surface area contributed by atoms with Gasteiger partial charge in [-0.2, -0.15) is 0 Å². The van der Waals surface area contributed by atoms with E-state index in [4.69, 9.17) is 4.74 Å². The van der Waals surface area contributed by atoms with E-state index < -0.39 is 6.10 Å². The third kappa shape index (κ3) is 3.06. The third-order valence-electron chi connectivity index (χ3n) is 2.03. The largest absolute Gasteiger partial charge is 0.390 e. The van der Waals surface area contributed by atoms with Crippen molar-refractivity contribution in [3.05, 3.63) is 16.6 Å². The lowest BCUT2D eigenvalue weighted by molar-refractivity contribution is -0.0125. The number of aliphatic hydroxyl groups excluding tert-OH is 1. The average molecular weight is 201 g/mol. The van der Waals surface area contributed by atoms with Gasteiger partial charge >= 0.3 is 0 Å². The summed E-state index contributed by atoms with van der Waals surface area (Å²) in [6, 6.07) is 0. The van der Waals surface area contributed by atoms with Crippen molar-refractivity contribution in [2.24, 2.45) is 0 Å².